The first-order valence-corrected chi connectivity index (χ1v) is 6.63. The summed E-state index contributed by atoms with van der Waals surface area (Å²) >= 11 is 0. The molecule has 0 saturated heterocycles. The summed E-state index contributed by atoms with van der Waals surface area (Å²) in [6.45, 7) is 9.11. The van der Waals surface area contributed by atoms with Gasteiger partial charge in [0.2, 0.25) is 5.88 Å². The van der Waals surface area contributed by atoms with E-state index in [4.69, 9.17) is 9.47 Å². The Bertz CT molecular complexity index is 329. The van der Waals surface area contributed by atoms with Crippen molar-refractivity contribution >= 4 is 0 Å². The van der Waals surface area contributed by atoms with Gasteiger partial charge in [-0.3, -0.25) is 0 Å². The van der Waals surface area contributed by atoms with Crippen molar-refractivity contribution in [2.75, 3.05) is 19.8 Å². The molecule has 0 unspecified atom stereocenters. The molecule has 4 heteroatoms. The molecule has 18 heavy (non-hydrogen) atoms. The first-order valence-electron chi connectivity index (χ1n) is 6.63. The van der Waals surface area contributed by atoms with Gasteiger partial charge in [0.25, 0.3) is 0 Å². The fourth-order valence-electron chi connectivity index (χ4n) is 1.51. The van der Waals surface area contributed by atoms with Crippen LogP contribution in [0.3, 0.4) is 0 Å². The van der Waals surface area contributed by atoms with E-state index in [9.17, 15) is 0 Å². The van der Waals surface area contributed by atoms with Gasteiger partial charge >= 0.3 is 0 Å². The zero-order valence-corrected chi connectivity index (χ0v) is 11.6. The van der Waals surface area contributed by atoms with Crippen molar-refractivity contribution in [3.8, 4) is 5.88 Å². The Morgan fingerprint density at radius 1 is 1.33 bits per heavy atom. The second kappa shape index (κ2) is 8.89. The van der Waals surface area contributed by atoms with Crippen LogP contribution in [0.15, 0.2) is 18.3 Å². The Balaban J connectivity index is 2.38. The molecule has 0 aliphatic heterocycles. The minimum Gasteiger partial charge on any atom is -0.475 e. The number of nitrogens with zero attached hydrogens (tertiary/aromatic N) is 1. The maximum Gasteiger partial charge on any atom is 0.217 e. The highest BCUT2D eigenvalue weighted by Gasteiger charge is 2.04. The standard InChI is InChI=1S/C14H24N2O2/c1-4-7-15-11-13-6-5-8-16-14(13)18-10-9-17-12(2)3/h5-6,8,12,15H,4,7,9-11H2,1-3H3. The molecule has 1 heterocycles. The van der Waals surface area contributed by atoms with Crippen LogP contribution >= 0.6 is 0 Å². The highest BCUT2D eigenvalue weighted by Crippen LogP contribution is 2.13. The summed E-state index contributed by atoms with van der Waals surface area (Å²) in [5.74, 6) is 0.702. The normalized spacial score (nSPS) is 10.9. The molecule has 1 aromatic heterocycles. The molecule has 1 aromatic rings. The molecule has 4 nitrogen and oxygen atoms in total. The van der Waals surface area contributed by atoms with Crippen LogP contribution in [0.25, 0.3) is 0 Å². The van der Waals surface area contributed by atoms with Gasteiger partial charge in [-0.05, 0) is 32.9 Å². The SMILES string of the molecule is CCCNCc1cccnc1OCCOC(C)C. The molecule has 1 rings (SSSR count). The van der Waals surface area contributed by atoms with Gasteiger partial charge in [-0.15, -0.1) is 0 Å². The van der Waals surface area contributed by atoms with E-state index in [0.29, 0.717) is 19.1 Å². The maximum absolute atomic E-state index is 5.64. The number of nitrogens with one attached hydrogen (secondary N) is 1. The van der Waals surface area contributed by atoms with Crippen LogP contribution in [-0.2, 0) is 11.3 Å². The van der Waals surface area contributed by atoms with Gasteiger partial charge in [-0.2, -0.15) is 0 Å². The number of aromatic nitrogens is 1. The van der Waals surface area contributed by atoms with Crippen LogP contribution < -0.4 is 10.1 Å². The topological polar surface area (TPSA) is 43.4 Å². The van der Waals surface area contributed by atoms with E-state index in [1.807, 2.05) is 26.0 Å². The summed E-state index contributed by atoms with van der Waals surface area (Å²) in [6, 6.07) is 3.97. The molecule has 0 aliphatic rings. The van der Waals surface area contributed by atoms with E-state index in [-0.39, 0.29) is 6.10 Å². The lowest BCUT2D eigenvalue weighted by Crippen LogP contribution is -2.16. The minimum atomic E-state index is 0.239. The van der Waals surface area contributed by atoms with Gasteiger partial charge < -0.3 is 14.8 Å². The fraction of sp³-hybridized carbons (Fsp3) is 0.643. The monoisotopic (exact) mass is 252 g/mol. The summed E-state index contributed by atoms with van der Waals surface area (Å²) in [7, 11) is 0. The predicted octanol–water partition coefficient (Wildman–Crippen LogP) is 2.39. The number of rotatable bonds is 9. The number of pyridine rings is 1. The average molecular weight is 252 g/mol. The number of hydrogen-bond donors (Lipinski definition) is 1. The Hall–Kier alpha value is -1.13. The zero-order valence-electron chi connectivity index (χ0n) is 11.6. The summed E-state index contributed by atoms with van der Waals surface area (Å²) in [6.07, 6.45) is 3.11. The van der Waals surface area contributed by atoms with Crippen LogP contribution in [0, 0.1) is 0 Å². The lowest BCUT2D eigenvalue weighted by molar-refractivity contribution is 0.0540. The minimum absolute atomic E-state index is 0.239. The Morgan fingerprint density at radius 3 is 2.89 bits per heavy atom. The number of hydrogen-bond acceptors (Lipinski definition) is 4. The largest absolute Gasteiger partial charge is 0.475 e. The molecule has 0 aliphatic carbocycles. The number of ether oxygens (including phenoxy) is 2. The van der Waals surface area contributed by atoms with E-state index in [1.165, 1.54) is 0 Å². The predicted molar refractivity (Wildman–Crippen MR) is 72.8 cm³/mol. The molecule has 0 aromatic carbocycles. The second-order valence-electron chi connectivity index (χ2n) is 4.41. The van der Waals surface area contributed by atoms with Gasteiger partial charge in [-0.1, -0.05) is 13.0 Å². The van der Waals surface area contributed by atoms with Crippen molar-refractivity contribution in [2.45, 2.75) is 39.8 Å². The third-order valence-corrected chi connectivity index (χ3v) is 2.37. The molecule has 0 spiro atoms. The summed E-state index contributed by atoms with van der Waals surface area (Å²) in [5.41, 5.74) is 1.09. The van der Waals surface area contributed by atoms with Gasteiger partial charge in [0.1, 0.15) is 6.61 Å². The van der Waals surface area contributed by atoms with Crippen LogP contribution in [-0.4, -0.2) is 30.8 Å². The van der Waals surface area contributed by atoms with Crippen LogP contribution in [0.2, 0.25) is 0 Å². The molecule has 0 fully saturated rings. The van der Waals surface area contributed by atoms with E-state index >= 15 is 0 Å². The zero-order chi connectivity index (χ0) is 13.2. The lowest BCUT2D eigenvalue weighted by atomic mass is 10.2. The third kappa shape index (κ3) is 5.98. The lowest BCUT2D eigenvalue weighted by Gasteiger charge is -2.12. The summed E-state index contributed by atoms with van der Waals surface area (Å²) in [4.78, 5) is 4.26. The third-order valence-electron chi connectivity index (χ3n) is 2.37. The Kier molecular flexibility index (Phi) is 7.37. The van der Waals surface area contributed by atoms with Crippen molar-refractivity contribution in [1.82, 2.24) is 10.3 Å². The quantitative estimate of drug-likeness (QED) is 0.685. The summed E-state index contributed by atoms with van der Waals surface area (Å²) in [5, 5.41) is 3.35. The second-order valence-corrected chi connectivity index (χ2v) is 4.41. The van der Waals surface area contributed by atoms with Crippen molar-refractivity contribution in [3.63, 3.8) is 0 Å². The van der Waals surface area contributed by atoms with Gasteiger partial charge in [0.05, 0.1) is 12.7 Å². The van der Waals surface area contributed by atoms with Crippen LogP contribution in [0.5, 0.6) is 5.88 Å². The molecule has 102 valence electrons. The van der Waals surface area contributed by atoms with Crippen molar-refractivity contribution in [1.29, 1.82) is 0 Å². The highest BCUT2D eigenvalue weighted by atomic mass is 16.5. The van der Waals surface area contributed by atoms with E-state index in [1.54, 1.807) is 6.20 Å². The van der Waals surface area contributed by atoms with Crippen molar-refractivity contribution in [3.05, 3.63) is 23.9 Å². The highest BCUT2D eigenvalue weighted by molar-refractivity contribution is 5.25. The maximum atomic E-state index is 5.64. The van der Waals surface area contributed by atoms with E-state index in [0.717, 1.165) is 25.1 Å². The Labute approximate surface area is 110 Å². The Morgan fingerprint density at radius 2 is 2.17 bits per heavy atom. The van der Waals surface area contributed by atoms with Gasteiger partial charge in [-0.25, -0.2) is 4.98 Å². The molecular weight excluding hydrogens is 228 g/mol. The van der Waals surface area contributed by atoms with Crippen LogP contribution in [0.1, 0.15) is 32.8 Å². The molecule has 0 saturated carbocycles. The fourth-order valence-corrected chi connectivity index (χ4v) is 1.51. The van der Waals surface area contributed by atoms with Crippen molar-refractivity contribution < 1.29 is 9.47 Å². The average Bonchev–Trinajstić information content (AvgIpc) is 2.36. The van der Waals surface area contributed by atoms with Crippen LogP contribution in [0.4, 0.5) is 0 Å². The summed E-state index contributed by atoms with van der Waals surface area (Å²) < 4.78 is 11.1. The molecular formula is C14H24N2O2. The molecule has 0 bridgehead atoms. The van der Waals surface area contributed by atoms with Gasteiger partial charge in [0, 0.05) is 18.3 Å². The molecule has 0 atom stereocenters. The molecule has 1 N–H and O–H groups in total. The van der Waals surface area contributed by atoms with Crippen molar-refractivity contribution in [2.24, 2.45) is 0 Å². The molecule has 0 amide bonds. The smallest absolute Gasteiger partial charge is 0.217 e. The first kappa shape index (κ1) is 14.9. The van der Waals surface area contributed by atoms with E-state index in [2.05, 4.69) is 17.2 Å². The van der Waals surface area contributed by atoms with Gasteiger partial charge in [0.15, 0.2) is 0 Å². The first-order chi connectivity index (χ1) is 8.74. The molecule has 0 radical (unpaired) electrons. The van der Waals surface area contributed by atoms with E-state index < -0.39 is 0 Å².